The first kappa shape index (κ1) is 7.76. The molecule has 1 aromatic heterocycles. The monoisotopic (exact) mass is 217 g/mol. The van der Waals surface area contributed by atoms with Crippen LogP contribution in [0.1, 0.15) is 5.56 Å². The van der Waals surface area contributed by atoms with Gasteiger partial charge < -0.3 is 0 Å². The SMILES string of the molecule is Clc1cncc(C=CBr)c1. The van der Waals surface area contributed by atoms with E-state index >= 15 is 0 Å². The molecular weight excluding hydrogens is 213 g/mol. The second kappa shape index (κ2) is 3.74. The van der Waals surface area contributed by atoms with Crippen LogP contribution in [0.4, 0.5) is 0 Å². The molecule has 1 aromatic rings. The number of aromatic nitrogens is 1. The summed E-state index contributed by atoms with van der Waals surface area (Å²) in [6.07, 6.45) is 5.22. The molecule has 0 radical (unpaired) electrons. The Morgan fingerprint density at radius 2 is 2.30 bits per heavy atom. The van der Waals surface area contributed by atoms with Crippen molar-refractivity contribution in [2.75, 3.05) is 0 Å². The Morgan fingerprint density at radius 1 is 1.50 bits per heavy atom. The second-order valence-electron chi connectivity index (χ2n) is 1.73. The predicted molar refractivity (Wildman–Crippen MR) is 47.2 cm³/mol. The Labute approximate surface area is 72.9 Å². The van der Waals surface area contributed by atoms with Crippen molar-refractivity contribution in [2.24, 2.45) is 0 Å². The predicted octanol–water partition coefficient (Wildman–Crippen LogP) is 3.10. The van der Waals surface area contributed by atoms with E-state index in [9.17, 15) is 0 Å². The standard InChI is InChI=1S/C7H5BrClN/c8-2-1-6-3-7(9)5-10-4-6/h1-5H. The average Bonchev–Trinajstić information content (AvgIpc) is 1.88. The summed E-state index contributed by atoms with van der Waals surface area (Å²) in [4.78, 5) is 5.66. The fourth-order valence-corrected chi connectivity index (χ4v) is 1.08. The average molecular weight is 218 g/mol. The molecule has 1 rings (SSSR count). The smallest absolute Gasteiger partial charge is 0.0595 e. The van der Waals surface area contributed by atoms with E-state index in [2.05, 4.69) is 20.9 Å². The van der Waals surface area contributed by atoms with Crippen LogP contribution in [0.25, 0.3) is 6.08 Å². The highest BCUT2D eigenvalue weighted by Crippen LogP contribution is 2.09. The molecule has 0 aliphatic carbocycles. The van der Waals surface area contributed by atoms with Crippen LogP contribution in [0.3, 0.4) is 0 Å². The normalized spacial score (nSPS) is 10.6. The minimum absolute atomic E-state index is 0.656. The largest absolute Gasteiger partial charge is 0.263 e. The van der Waals surface area contributed by atoms with E-state index in [1.165, 1.54) is 0 Å². The lowest BCUT2D eigenvalue weighted by molar-refractivity contribution is 1.32. The zero-order chi connectivity index (χ0) is 7.40. The van der Waals surface area contributed by atoms with E-state index in [4.69, 9.17) is 11.6 Å². The molecule has 0 saturated carbocycles. The van der Waals surface area contributed by atoms with Gasteiger partial charge in [-0.15, -0.1) is 0 Å². The zero-order valence-electron chi connectivity index (χ0n) is 5.09. The van der Waals surface area contributed by atoms with E-state index in [1.807, 2.05) is 12.1 Å². The van der Waals surface area contributed by atoms with Crippen molar-refractivity contribution in [1.82, 2.24) is 4.98 Å². The van der Waals surface area contributed by atoms with Crippen LogP contribution in [0.2, 0.25) is 5.02 Å². The Kier molecular flexibility index (Phi) is 2.90. The molecule has 1 heterocycles. The minimum Gasteiger partial charge on any atom is -0.263 e. The van der Waals surface area contributed by atoms with Gasteiger partial charge in [-0.1, -0.05) is 27.5 Å². The van der Waals surface area contributed by atoms with Crippen LogP contribution >= 0.6 is 27.5 Å². The highest BCUT2D eigenvalue weighted by Gasteiger charge is 1.87. The highest BCUT2D eigenvalue weighted by atomic mass is 79.9. The van der Waals surface area contributed by atoms with Gasteiger partial charge in [-0.3, -0.25) is 4.98 Å². The molecule has 0 atom stereocenters. The van der Waals surface area contributed by atoms with Crippen LogP contribution < -0.4 is 0 Å². The van der Waals surface area contributed by atoms with Gasteiger partial charge in [0.1, 0.15) is 0 Å². The van der Waals surface area contributed by atoms with Crippen molar-refractivity contribution in [1.29, 1.82) is 0 Å². The zero-order valence-corrected chi connectivity index (χ0v) is 7.43. The molecule has 0 unspecified atom stereocenters. The summed E-state index contributed by atoms with van der Waals surface area (Å²) >= 11 is 8.83. The number of nitrogens with zero attached hydrogens (tertiary/aromatic N) is 1. The second-order valence-corrected chi connectivity index (χ2v) is 2.69. The van der Waals surface area contributed by atoms with Crippen molar-refractivity contribution in [2.45, 2.75) is 0 Å². The van der Waals surface area contributed by atoms with Crippen LogP contribution in [-0.4, -0.2) is 4.98 Å². The first-order valence-corrected chi connectivity index (χ1v) is 3.99. The lowest BCUT2D eigenvalue weighted by atomic mass is 10.3. The maximum Gasteiger partial charge on any atom is 0.0595 e. The van der Waals surface area contributed by atoms with Gasteiger partial charge in [-0.25, -0.2) is 0 Å². The van der Waals surface area contributed by atoms with Gasteiger partial charge in [-0.2, -0.15) is 0 Å². The first-order chi connectivity index (χ1) is 4.83. The van der Waals surface area contributed by atoms with Crippen molar-refractivity contribution in [3.63, 3.8) is 0 Å². The lowest BCUT2D eigenvalue weighted by Crippen LogP contribution is -1.74. The van der Waals surface area contributed by atoms with Gasteiger partial charge >= 0.3 is 0 Å². The maximum absolute atomic E-state index is 5.67. The van der Waals surface area contributed by atoms with Gasteiger partial charge in [0.2, 0.25) is 0 Å². The fourth-order valence-electron chi connectivity index (χ4n) is 0.592. The molecule has 0 spiro atoms. The number of hydrogen-bond acceptors (Lipinski definition) is 1. The minimum atomic E-state index is 0.656. The summed E-state index contributed by atoms with van der Waals surface area (Å²) < 4.78 is 0. The van der Waals surface area contributed by atoms with Gasteiger partial charge in [0, 0.05) is 12.4 Å². The Bertz CT molecular complexity index is 247. The summed E-state index contributed by atoms with van der Waals surface area (Å²) in [5, 5.41) is 0.656. The molecule has 10 heavy (non-hydrogen) atoms. The molecule has 0 aliphatic rings. The molecular formula is C7H5BrClN. The van der Waals surface area contributed by atoms with Crippen LogP contribution in [0.15, 0.2) is 23.4 Å². The van der Waals surface area contributed by atoms with Gasteiger partial charge in [0.15, 0.2) is 0 Å². The molecule has 3 heteroatoms. The molecule has 0 amide bonds. The molecule has 0 aliphatic heterocycles. The third-order valence-electron chi connectivity index (χ3n) is 0.981. The molecule has 0 fully saturated rings. The maximum atomic E-state index is 5.67. The summed E-state index contributed by atoms with van der Waals surface area (Å²) in [7, 11) is 0. The van der Waals surface area contributed by atoms with E-state index < -0.39 is 0 Å². The first-order valence-electron chi connectivity index (χ1n) is 2.70. The van der Waals surface area contributed by atoms with Crippen molar-refractivity contribution in [3.05, 3.63) is 34.0 Å². The van der Waals surface area contributed by atoms with Gasteiger partial charge in [-0.05, 0) is 22.7 Å². The van der Waals surface area contributed by atoms with E-state index in [-0.39, 0.29) is 0 Å². The topological polar surface area (TPSA) is 12.9 Å². The molecule has 52 valence electrons. The molecule has 0 saturated heterocycles. The fraction of sp³-hybridized carbons (Fsp3) is 0. The van der Waals surface area contributed by atoms with E-state index in [1.54, 1.807) is 17.4 Å². The molecule has 0 aromatic carbocycles. The van der Waals surface area contributed by atoms with E-state index in [0.717, 1.165) is 5.56 Å². The van der Waals surface area contributed by atoms with Crippen molar-refractivity contribution < 1.29 is 0 Å². The summed E-state index contributed by atoms with van der Waals surface area (Å²) in [5.74, 6) is 0. The van der Waals surface area contributed by atoms with Gasteiger partial charge in [0.25, 0.3) is 0 Å². The molecule has 0 bridgehead atoms. The van der Waals surface area contributed by atoms with Gasteiger partial charge in [0.05, 0.1) is 5.02 Å². The Balaban J connectivity index is 2.95. The summed E-state index contributed by atoms with van der Waals surface area (Å²) in [5.41, 5.74) is 0.990. The van der Waals surface area contributed by atoms with Crippen LogP contribution in [-0.2, 0) is 0 Å². The quantitative estimate of drug-likeness (QED) is 0.706. The van der Waals surface area contributed by atoms with E-state index in [0.29, 0.717) is 5.02 Å². The van der Waals surface area contributed by atoms with Crippen molar-refractivity contribution >= 4 is 33.6 Å². The number of hydrogen-bond donors (Lipinski definition) is 0. The highest BCUT2D eigenvalue weighted by molar-refractivity contribution is 9.11. The number of rotatable bonds is 1. The summed E-state index contributed by atoms with van der Waals surface area (Å²) in [6.45, 7) is 0. The number of pyridine rings is 1. The van der Waals surface area contributed by atoms with Crippen molar-refractivity contribution in [3.8, 4) is 0 Å². The molecule has 0 N–H and O–H groups in total. The third-order valence-corrected chi connectivity index (χ3v) is 1.45. The lowest BCUT2D eigenvalue weighted by Gasteiger charge is -1.90. The summed E-state index contributed by atoms with van der Waals surface area (Å²) in [6, 6.07) is 1.84. The Hall–Kier alpha value is -0.340. The molecule has 1 nitrogen and oxygen atoms in total. The third kappa shape index (κ3) is 2.12. The van der Waals surface area contributed by atoms with Crippen LogP contribution in [0, 0.1) is 0 Å². The van der Waals surface area contributed by atoms with Crippen LogP contribution in [0.5, 0.6) is 0 Å². The number of halogens is 2. The Morgan fingerprint density at radius 3 is 2.90 bits per heavy atom.